The van der Waals surface area contributed by atoms with Crippen molar-refractivity contribution in [3.8, 4) is 0 Å². The molecule has 1 aromatic heterocycles. The monoisotopic (exact) mass is 248 g/mol. The summed E-state index contributed by atoms with van der Waals surface area (Å²) in [6.07, 6.45) is 2.24. The molecule has 0 unspecified atom stereocenters. The second-order valence-corrected chi connectivity index (χ2v) is 5.98. The minimum Gasteiger partial charge on any atom is -0.333 e. The Morgan fingerprint density at radius 2 is 2.27 bits per heavy atom. The van der Waals surface area contributed by atoms with Crippen LogP contribution in [0.1, 0.15) is 19.2 Å². The molecule has 1 aromatic rings. The Hall–Kier alpha value is -0.810. The van der Waals surface area contributed by atoms with Crippen molar-refractivity contribution in [3.63, 3.8) is 0 Å². The molecule has 0 bridgehead atoms. The fourth-order valence-electron chi connectivity index (χ4n) is 1.13. The first-order chi connectivity index (χ1) is 6.80. The summed E-state index contributed by atoms with van der Waals surface area (Å²) in [5.74, 6) is 0.635. The molecule has 84 valence electrons. The molecular formula is C9H13ClN2O2S. The number of rotatable bonds is 4. The third kappa shape index (κ3) is 3.35. The molecule has 1 heterocycles. The van der Waals surface area contributed by atoms with Gasteiger partial charge in [0.2, 0.25) is 0 Å². The van der Waals surface area contributed by atoms with Crippen LogP contribution in [0.3, 0.4) is 0 Å². The smallest absolute Gasteiger partial charge is 0.280 e. The highest BCUT2D eigenvalue weighted by atomic mass is 35.7. The molecule has 6 heteroatoms. The summed E-state index contributed by atoms with van der Waals surface area (Å²) in [6.45, 7) is 8.11. The van der Waals surface area contributed by atoms with Gasteiger partial charge in [-0.1, -0.05) is 5.57 Å². The number of allylic oxidation sites excluding steroid dienone is 1. The highest BCUT2D eigenvalue weighted by Crippen LogP contribution is 2.14. The van der Waals surface area contributed by atoms with Crippen LogP contribution in [0.25, 0.3) is 0 Å². The summed E-state index contributed by atoms with van der Waals surface area (Å²) in [5.41, 5.74) is 1.04. The van der Waals surface area contributed by atoms with Crippen molar-refractivity contribution in [3.05, 3.63) is 24.2 Å². The van der Waals surface area contributed by atoms with E-state index in [1.54, 1.807) is 11.5 Å². The fourth-order valence-corrected chi connectivity index (χ4v) is 1.85. The van der Waals surface area contributed by atoms with E-state index in [1.165, 1.54) is 6.20 Å². The van der Waals surface area contributed by atoms with Crippen molar-refractivity contribution >= 4 is 19.7 Å². The molecule has 15 heavy (non-hydrogen) atoms. The molecule has 0 amide bonds. The van der Waals surface area contributed by atoms with Gasteiger partial charge in [0.1, 0.15) is 5.82 Å². The molecule has 0 aromatic carbocycles. The molecule has 4 nitrogen and oxygen atoms in total. The van der Waals surface area contributed by atoms with Crippen LogP contribution in [-0.2, 0) is 15.6 Å². The number of nitrogens with zero attached hydrogens (tertiary/aromatic N) is 2. The van der Waals surface area contributed by atoms with E-state index < -0.39 is 9.05 Å². The second-order valence-electron chi connectivity index (χ2n) is 3.46. The van der Waals surface area contributed by atoms with Crippen LogP contribution in [0, 0.1) is 6.92 Å². The lowest BCUT2D eigenvalue weighted by atomic mass is 10.2. The van der Waals surface area contributed by atoms with Crippen LogP contribution in [0.15, 0.2) is 23.4 Å². The molecule has 0 radical (unpaired) electrons. The van der Waals surface area contributed by atoms with E-state index in [2.05, 4.69) is 11.6 Å². The Kier molecular flexibility index (Phi) is 3.57. The first-order valence-corrected chi connectivity index (χ1v) is 6.74. The topological polar surface area (TPSA) is 52.0 Å². The highest BCUT2D eigenvalue weighted by Gasteiger charge is 2.15. The van der Waals surface area contributed by atoms with Gasteiger partial charge in [-0.3, -0.25) is 0 Å². The van der Waals surface area contributed by atoms with E-state index in [0.29, 0.717) is 12.4 Å². The van der Waals surface area contributed by atoms with Crippen LogP contribution < -0.4 is 0 Å². The average Bonchev–Trinajstić information content (AvgIpc) is 2.42. The molecular weight excluding hydrogens is 236 g/mol. The zero-order chi connectivity index (χ0) is 11.6. The van der Waals surface area contributed by atoms with E-state index >= 15 is 0 Å². The van der Waals surface area contributed by atoms with E-state index in [0.717, 1.165) is 12.0 Å². The third-order valence-electron chi connectivity index (χ3n) is 1.98. The lowest BCUT2D eigenvalue weighted by Crippen LogP contribution is -1.99. The molecule has 0 saturated heterocycles. The zero-order valence-electron chi connectivity index (χ0n) is 8.70. The van der Waals surface area contributed by atoms with E-state index in [9.17, 15) is 8.42 Å². The number of hydrogen-bond acceptors (Lipinski definition) is 3. The molecule has 0 aliphatic heterocycles. The Morgan fingerprint density at radius 3 is 2.67 bits per heavy atom. The largest absolute Gasteiger partial charge is 0.333 e. The van der Waals surface area contributed by atoms with Gasteiger partial charge in [-0.05, 0) is 20.3 Å². The molecule has 0 aliphatic carbocycles. The number of aromatic nitrogens is 2. The SMILES string of the molecule is C=C(C)CCn1cc(S(=O)(=O)Cl)nc1C. The molecule has 1 rings (SSSR count). The van der Waals surface area contributed by atoms with E-state index in [1.807, 2.05) is 6.92 Å². The molecule has 0 N–H and O–H groups in total. The van der Waals surface area contributed by atoms with Gasteiger partial charge in [0.15, 0.2) is 5.03 Å². The van der Waals surface area contributed by atoms with Crippen molar-refractivity contribution in [2.45, 2.75) is 31.8 Å². The van der Waals surface area contributed by atoms with Crippen LogP contribution >= 0.6 is 10.7 Å². The van der Waals surface area contributed by atoms with Gasteiger partial charge in [-0.15, -0.1) is 6.58 Å². The van der Waals surface area contributed by atoms with Gasteiger partial charge in [0.25, 0.3) is 9.05 Å². The molecule has 0 atom stereocenters. The number of hydrogen-bond donors (Lipinski definition) is 0. The Bertz CT molecular complexity index is 476. The summed E-state index contributed by atoms with van der Waals surface area (Å²) in [7, 11) is 1.46. The lowest BCUT2D eigenvalue weighted by molar-refractivity contribution is 0.606. The standard InChI is InChI=1S/C9H13ClN2O2S/c1-7(2)4-5-12-6-9(11-8(12)3)15(10,13)14/h6H,1,4-5H2,2-3H3. The fraction of sp³-hybridized carbons (Fsp3) is 0.444. The van der Waals surface area contributed by atoms with Gasteiger partial charge >= 0.3 is 0 Å². The average molecular weight is 249 g/mol. The maximum absolute atomic E-state index is 11.0. The third-order valence-corrected chi connectivity index (χ3v) is 3.15. The van der Waals surface area contributed by atoms with Gasteiger partial charge < -0.3 is 4.57 Å². The van der Waals surface area contributed by atoms with Crippen LogP contribution in [0.4, 0.5) is 0 Å². The van der Waals surface area contributed by atoms with Crippen molar-refractivity contribution in [1.29, 1.82) is 0 Å². The van der Waals surface area contributed by atoms with Crippen molar-refractivity contribution in [2.24, 2.45) is 0 Å². The summed E-state index contributed by atoms with van der Waals surface area (Å²) < 4.78 is 23.8. The molecule has 0 saturated carbocycles. The van der Waals surface area contributed by atoms with Crippen LogP contribution in [-0.4, -0.2) is 18.0 Å². The Balaban J connectivity index is 2.92. The highest BCUT2D eigenvalue weighted by molar-refractivity contribution is 8.13. The number of halogens is 1. The normalized spacial score (nSPS) is 11.7. The molecule has 0 spiro atoms. The van der Waals surface area contributed by atoms with Gasteiger partial charge in [-0.2, -0.15) is 0 Å². The van der Waals surface area contributed by atoms with Crippen molar-refractivity contribution in [2.75, 3.05) is 0 Å². The summed E-state index contributed by atoms with van der Waals surface area (Å²) in [4.78, 5) is 3.87. The first-order valence-electron chi connectivity index (χ1n) is 4.43. The quantitative estimate of drug-likeness (QED) is 0.606. The number of imidazole rings is 1. The van der Waals surface area contributed by atoms with Crippen molar-refractivity contribution < 1.29 is 8.42 Å². The van der Waals surface area contributed by atoms with E-state index in [4.69, 9.17) is 10.7 Å². The van der Waals surface area contributed by atoms with Gasteiger partial charge in [-0.25, -0.2) is 13.4 Å². The lowest BCUT2D eigenvalue weighted by Gasteiger charge is -2.03. The molecule has 0 fully saturated rings. The van der Waals surface area contributed by atoms with E-state index in [-0.39, 0.29) is 5.03 Å². The minimum absolute atomic E-state index is 0.0941. The van der Waals surface area contributed by atoms with Crippen LogP contribution in [0.2, 0.25) is 0 Å². The first kappa shape index (κ1) is 12.3. The van der Waals surface area contributed by atoms with Gasteiger partial charge in [0, 0.05) is 23.4 Å². The Morgan fingerprint density at radius 1 is 1.67 bits per heavy atom. The summed E-state index contributed by atoms with van der Waals surface area (Å²) >= 11 is 0. The maximum atomic E-state index is 11.0. The predicted molar refractivity (Wildman–Crippen MR) is 59.4 cm³/mol. The summed E-state index contributed by atoms with van der Waals surface area (Å²) in [5, 5.41) is -0.0941. The molecule has 0 aliphatic rings. The zero-order valence-corrected chi connectivity index (χ0v) is 10.3. The van der Waals surface area contributed by atoms with Crippen LogP contribution in [0.5, 0.6) is 0 Å². The summed E-state index contributed by atoms with van der Waals surface area (Å²) in [6, 6.07) is 0. The van der Waals surface area contributed by atoms with Gasteiger partial charge in [0.05, 0.1) is 0 Å². The number of aryl methyl sites for hydroxylation is 2. The second kappa shape index (κ2) is 4.37. The maximum Gasteiger partial charge on any atom is 0.280 e. The predicted octanol–water partition coefficient (Wildman–Crippen LogP) is 2.09. The van der Waals surface area contributed by atoms with Crippen molar-refractivity contribution in [1.82, 2.24) is 9.55 Å². The minimum atomic E-state index is -3.73. The Labute approximate surface area is 94.0 Å².